The summed E-state index contributed by atoms with van der Waals surface area (Å²) in [6, 6.07) is 10.4. The molecule has 2 fully saturated rings. The first-order valence-corrected chi connectivity index (χ1v) is 12.5. The molecule has 2 N–H and O–H groups in total. The highest BCUT2D eigenvalue weighted by Crippen LogP contribution is 2.39. The van der Waals surface area contributed by atoms with Crippen molar-refractivity contribution in [3.63, 3.8) is 0 Å². The number of amides is 1. The van der Waals surface area contributed by atoms with Crippen LogP contribution in [0, 0.1) is 0 Å². The molecule has 9 nitrogen and oxygen atoms in total. The van der Waals surface area contributed by atoms with Gasteiger partial charge in [-0.1, -0.05) is 12.1 Å². The number of hydrazine groups is 1. The summed E-state index contributed by atoms with van der Waals surface area (Å²) in [6.45, 7) is 7.77. The van der Waals surface area contributed by atoms with Crippen LogP contribution in [0.5, 0.6) is 17.4 Å². The van der Waals surface area contributed by atoms with Crippen LogP contribution in [0.4, 0.5) is 0 Å². The van der Waals surface area contributed by atoms with Crippen molar-refractivity contribution in [1.82, 2.24) is 25.6 Å². The molecule has 0 spiro atoms. The fraction of sp³-hybridized carbons (Fsp3) is 0.538. The van der Waals surface area contributed by atoms with Crippen molar-refractivity contribution in [2.24, 2.45) is 0 Å². The second-order valence-electron chi connectivity index (χ2n) is 9.49. The number of hydrogen-bond acceptors (Lipinski definition) is 8. The van der Waals surface area contributed by atoms with Gasteiger partial charge in [0, 0.05) is 75.7 Å². The van der Waals surface area contributed by atoms with Gasteiger partial charge in [-0.05, 0) is 37.9 Å². The molecule has 3 aliphatic rings. The third kappa shape index (κ3) is 5.59. The first-order valence-electron chi connectivity index (χ1n) is 12.5. The lowest BCUT2D eigenvalue weighted by atomic mass is 9.97. The molecule has 9 heteroatoms. The number of hydrogen-bond donors (Lipinski definition) is 2. The number of benzene rings is 1. The zero-order valence-electron chi connectivity index (χ0n) is 20.5. The molecule has 1 amide bonds. The number of carbonyl (C=O) groups excluding carboxylic acids is 1. The number of pyridine rings is 1. The molecule has 2 aromatic rings. The van der Waals surface area contributed by atoms with Crippen molar-refractivity contribution in [3.8, 4) is 17.4 Å². The summed E-state index contributed by atoms with van der Waals surface area (Å²) < 4.78 is 17.2. The highest BCUT2D eigenvalue weighted by atomic mass is 16.5. The van der Waals surface area contributed by atoms with E-state index in [-0.39, 0.29) is 12.0 Å². The van der Waals surface area contributed by atoms with Crippen LogP contribution in [0.2, 0.25) is 0 Å². The van der Waals surface area contributed by atoms with E-state index in [4.69, 9.17) is 14.2 Å². The first kappa shape index (κ1) is 24.0. The van der Waals surface area contributed by atoms with Crippen LogP contribution >= 0.6 is 0 Å². The minimum Gasteiger partial charge on any atom is -0.493 e. The zero-order valence-corrected chi connectivity index (χ0v) is 20.5. The van der Waals surface area contributed by atoms with E-state index < -0.39 is 0 Å². The van der Waals surface area contributed by atoms with Crippen LogP contribution in [-0.2, 0) is 9.53 Å². The molecule has 4 heterocycles. The van der Waals surface area contributed by atoms with Crippen LogP contribution < -0.4 is 20.3 Å². The van der Waals surface area contributed by atoms with Crippen molar-refractivity contribution in [2.45, 2.75) is 37.8 Å². The first-order chi connectivity index (χ1) is 17.1. The van der Waals surface area contributed by atoms with E-state index in [9.17, 15) is 4.79 Å². The number of aromatic nitrogens is 1. The lowest BCUT2D eigenvalue weighted by Gasteiger charge is -2.36. The summed E-state index contributed by atoms with van der Waals surface area (Å²) in [6.07, 6.45) is 3.58. The molecule has 3 aliphatic heterocycles. The zero-order chi connectivity index (χ0) is 24.2. The van der Waals surface area contributed by atoms with Gasteiger partial charge in [0.2, 0.25) is 5.88 Å². The Hall–Kier alpha value is -2.72. The minimum absolute atomic E-state index is 0.0811. The lowest BCUT2D eigenvalue weighted by molar-refractivity contribution is -0.142. The number of carbonyl (C=O) groups is 1. The number of piperazine rings is 1. The van der Waals surface area contributed by atoms with E-state index in [2.05, 4.69) is 32.9 Å². The van der Waals surface area contributed by atoms with Crippen molar-refractivity contribution >= 4 is 5.91 Å². The Kier molecular flexibility index (Phi) is 7.48. The van der Waals surface area contributed by atoms with Crippen LogP contribution in [-0.4, -0.2) is 79.8 Å². The quantitative estimate of drug-likeness (QED) is 0.595. The van der Waals surface area contributed by atoms with E-state index in [1.807, 2.05) is 36.2 Å². The second-order valence-corrected chi connectivity index (χ2v) is 9.49. The number of methoxy groups -OCH3 is 1. The molecule has 188 valence electrons. The fourth-order valence-electron chi connectivity index (χ4n) is 4.96. The molecule has 0 radical (unpaired) electrons. The largest absolute Gasteiger partial charge is 0.493 e. The molecule has 2 saturated heterocycles. The normalized spacial score (nSPS) is 23.1. The van der Waals surface area contributed by atoms with E-state index in [1.165, 1.54) is 5.56 Å². The predicted octanol–water partition coefficient (Wildman–Crippen LogP) is 2.46. The number of fused-ring (bicyclic) bond motifs is 1. The highest BCUT2D eigenvalue weighted by molar-refractivity contribution is 5.80. The van der Waals surface area contributed by atoms with Gasteiger partial charge in [0.15, 0.2) is 0 Å². The number of rotatable bonds is 8. The highest BCUT2D eigenvalue weighted by Gasteiger charge is 2.28. The van der Waals surface area contributed by atoms with Gasteiger partial charge in [-0.3, -0.25) is 20.5 Å². The molecule has 0 saturated carbocycles. The van der Waals surface area contributed by atoms with E-state index in [1.54, 1.807) is 7.11 Å². The maximum absolute atomic E-state index is 12.3. The summed E-state index contributed by atoms with van der Waals surface area (Å²) >= 11 is 0. The summed E-state index contributed by atoms with van der Waals surface area (Å²) in [5.41, 5.74) is 8.79. The smallest absolute Gasteiger partial charge is 0.251 e. The third-order valence-electron chi connectivity index (χ3n) is 7.26. The molecule has 3 atom stereocenters. The molecular weight excluding hydrogens is 446 g/mol. The molecule has 1 aromatic heterocycles. The summed E-state index contributed by atoms with van der Waals surface area (Å²) in [7, 11) is 1.58. The van der Waals surface area contributed by atoms with E-state index >= 15 is 0 Å². The van der Waals surface area contributed by atoms with Gasteiger partial charge in [-0.2, -0.15) is 0 Å². The van der Waals surface area contributed by atoms with Crippen LogP contribution in [0.1, 0.15) is 42.9 Å². The molecule has 5 rings (SSSR count). The Morgan fingerprint density at radius 3 is 2.80 bits per heavy atom. The van der Waals surface area contributed by atoms with Gasteiger partial charge in [-0.15, -0.1) is 0 Å². The molecule has 2 unspecified atom stereocenters. The van der Waals surface area contributed by atoms with Crippen LogP contribution in [0.3, 0.4) is 0 Å². The topological polar surface area (TPSA) is 88.2 Å². The summed E-state index contributed by atoms with van der Waals surface area (Å²) in [4.78, 5) is 21.1. The van der Waals surface area contributed by atoms with E-state index in [0.29, 0.717) is 24.4 Å². The van der Waals surface area contributed by atoms with Gasteiger partial charge >= 0.3 is 0 Å². The maximum atomic E-state index is 12.3. The van der Waals surface area contributed by atoms with Crippen molar-refractivity contribution in [1.29, 1.82) is 0 Å². The van der Waals surface area contributed by atoms with Crippen molar-refractivity contribution < 1.29 is 19.0 Å². The van der Waals surface area contributed by atoms with Gasteiger partial charge < -0.3 is 19.1 Å². The minimum atomic E-state index is -0.371. The van der Waals surface area contributed by atoms with E-state index in [0.717, 1.165) is 69.2 Å². The van der Waals surface area contributed by atoms with Crippen molar-refractivity contribution in [2.75, 3.05) is 53.0 Å². The number of nitrogens with zero attached hydrogens (tertiary/aromatic N) is 3. The van der Waals surface area contributed by atoms with Crippen LogP contribution in [0.25, 0.3) is 0 Å². The SMILES string of the molecule is CO[C@H](C)C(=O)N1CCN(CCC2COc3cc(Oc4ccc(C5CCNN5)cn4)ccc32)CC1. The molecule has 0 aliphatic carbocycles. The monoisotopic (exact) mass is 481 g/mol. The average Bonchev–Trinajstić information content (AvgIpc) is 3.58. The average molecular weight is 482 g/mol. The fourth-order valence-corrected chi connectivity index (χ4v) is 4.96. The predicted molar refractivity (Wildman–Crippen MR) is 132 cm³/mol. The summed E-state index contributed by atoms with van der Waals surface area (Å²) in [5, 5.41) is 0. The molecule has 1 aromatic carbocycles. The third-order valence-corrected chi connectivity index (χ3v) is 7.26. The molecule has 35 heavy (non-hydrogen) atoms. The van der Waals surface area contributed by atoms with Gasteiger partial charge in [0.1, 0.15) is 17.6 Å². The Balaban J connectivity index is 1.11. The standard InChI is InChI=1S/C26H35N5O4/c1-18(33-2)26(32)31-13-11-30(12-14-31)10-8-20-17-34-24-15-21(4-5-22(20)24)35-25-6-3-19(16-27-25)23-7-9-28-29-23/h3-6,15-16,18,20,23,28-29H,7-14,17H2,1-2H3/t18-,20?,23?/m1/s1. The van der Waals surface area contributed by atoms with Gasteiger partial charge in [0.25, 0.3) is 5.91 Å². The second kappa shape index (κ2) is 10.9. The van der Waals surface area contributed by atoms with Gasteiger partial charge in [0.05, 0.1) is 6.61 Å². The van der Waals surface area contributed by atoms with Gasteiger partial charge in [-0.25, -0.2) is 4.98 Å². The molecular formula is C26H35N5O4. The Bertz CT molecular complexity index is 1000. The van der Waals surface area contributed by atoms with Crippen molar-refractivity contribution in [3.05, 3.63) is 47.7 Å². The van der Waals surface area contributed by atoms with Crippen LogP contribution in [0.15, 0.2) is 36.5 Å². The Morgan fingerprint density at radius 2 is 2.09 bits per heavy atom. The molecule has 0 bridgehead atoms. The number of ether oxygens (including phenoxy) is 3. The number of nitrogens with one attached hydrogen (secondary N) is 2. The Morgan fingerprint density at radius 1 is 1.23 bits per heavy atom. The lowest BCUT2D eigenvalue weighted by Crippen LogP contribution is -2.51. The maximum Gasteiger partial charge on any atom is 0.251 e. The summed E-state index contributed by atoms with van der Waals surface area (Å²) in [5.74, 6) is 2.66. The Labute approximate surface area is 206 Å².